The zero-order chi connectivity index (χ0) is 13.9. The van der Waals surface area contributed by atoms with Crippen molar-refractivity contribution in [2.24, 2.45) is 5.73 Å². The number of benzene rings is 1. The van der Waals surface area contributed by atoms with Crippen molar-refractivity contribution < 1.29 is 18.9 Å². The van der Waals surface area contributed by atoms with Crippen LogP contribution in [0.15, 0.2) is 24.3 Å². The average molecular weight is 269 g/mol. The summed E-state index contributed by atoms with van der Waals surface area (Å²) in [6.07, 6.45) is 0. The lowest BCUT2D eigenvalue weighted by atomic mass is 10.1. The van der Waals surface area contributed by atoms with Crippen LogP contribution in [0.2, 0.25) is 0 Å². The van der Waals surface area contributed by atoms with E-state index >= 15 is 0 Å². The normalized spacial score (nSPS) is 12.4. The van der Waals surface area contributed by atoms with E-state index in [9.17, 15) is 0 Å². The summed E-state index contributed by atoms with van der Waals surface area (Å²) in [7, 11) is 3.28. The predicted octanol–water partition coefficient (Wildman–Crippen LogP) is 1.37. The van der Waals surface area contributed by atoms with Gasteiger partial charge in [0, 0.05) is 19.8 Å². The molecule has 0 fully saturated rings. The summed E-state index contributed by atoms with van der Waals surface area (Å²) in [5.74, 6) is 0.780. The van der Waals surface area contributed by atoms with Crippen LogP contribution in [0.25, 0.3) is 0 Å². The molecule has 0 aliphatic heterocycles. The van der Waals surface area contributed by atoms with Gasteiger partial charge < -0.3 is 24.7 Å². The van der Waals surface area contributed by atoms with E-state index < -0.39 is 0 Å². The Kier molecular flexibility index (Phi) is 8.16. The molecular formula is C14H23NO4. The van der Waals surface area contributed by atoms with Gasteiger partial charge >= 0.3 is 0 Å². The highest BCUT2D eigenvalue weighted by Gasteiger charge is 2.11. The Hall–Kier alpha value is -1.14. The van der Waals surface area contributed by atoms with E-state index in [1.54, 1.807) is 14.2 Å². The topological polar surface area (TPSA) is 62.9 Å². The van der Waals surface area contributed by atoms with Gasteiger partial charge in [-0.25, -0.2) is 0 Å². The maximum Gasteiger partial charge on any atom is 0.124 e. The van der Waals surface area contributed by atoms with Gasteiger partial charge in [0.2, 0.25) is 0 Å². The summed E-state index contributed by atoms with van der Waals surface area (Å²) in [6, 6.07) is 7.50. The van der Waals surface area contributed by atoms with E-state index in [0.29, 0.717) is 33.0 Å². The smallest absolute Gasteiger partial charge is 0.124 e. The summed E-state index contributed by atoms with van der Waals surface area (Å²) < 4.78 is 21.0. The predicted molar refractivity (Wildman–Crippen MR) is 73.4 cm³/mol. The third-order valence-electron chi connectivity index (χ3n) is 2.59. The average Bonchev–Trinajstić information content (AvgIpc) is 2.44. The second-order valence-corrected chi connectivity index (χ2v) is 4.05. The molecule has 108 valence electrons. The summed E-state index contributed by atoms with van der Waals surface area (Å²) in [4.78, 5) is 0. The Balaban J connectivity index is 2.50. The van der Waals surface area contributed by atoms with Crippen LogP contribution in [0, 0.1) is 0 Å². The molecule has 0 aliphatic rings. The first-order valence-electron chi connectivity index (χ1n) is 6.32. The van der Waals surface area contributed by atoms with Crippen molar-refractivity contribution in [3.63, 3.8) is 0 Å². The van der Waals surface area contributed by atoms with Gasteiger partial charge in [-0.1, -0.05) is 18.2 Å². The summed E-state index contributed by atoms with van der Waals surface area (Å²) >= 11 is 0. The minimum atomic E-state index is -0.212. The molecule has 0 amide bonds. The fraction of sp³-hybridized carbons (Fsp3) is 0.571. The fourth-order valence-electron chi connectivity index (χ4n) is 1.60. The van der Waals surface area contributed by atoms with E-state index in [2.05, 4.69) is 0 Å². The third kappa shape index (κ3) is 6.02. The molecule has 0 aliphatic carbocycles. The molecule has 5 nitrogen and oxygen atoms in total. The van der Waals surface area contributed by atoms with Crippen molar-refractivity contribution in [1.29, 1.82) is 0 Å². The molecule has 0 bridgehead atoms. The summed E-state index contributed by atoms with van der Waals surface area (Å²) in [6.45, 7) is 2.60. The summed E-state index contributed by atoms with van der Waals surface area (Å²) in [5.41, 5.74) is 7.05. The molecule has 1 atom stereocenters. The highest BCUT2D eigenvalue weighted by Crippen LogP contribution is 2.23. The van der Waals surface area contributed by atoms with Gasteiger partial charge in [-0.15, -0.1) is 0 Å². The summed E-state index contributed by atoms with van der Waals surface area (Å²) in [5, 5.41) is 0. The zero-order valence-electron chi connectivity index (χ0n) is 11.6. The molecule has 2 N–H and O–H groups in total. The molecule has 0 saturated heterocycles. The van der Waals surface area contributed by atoms with E-state index in [-0.39, 0.29) is 6.04 Å². The second kappa shape index (κ2) is 9.75. The maximum absolute atomic E-state index is 6.11. The lowest BCUT2D eigenvalue weighted by Crippen LogP contribution is -2.20. The lowest BCUT2D eigenvalue weighted by Gasteiger charge is -2.17. The van der Waals surface area contributed by atoms with Crippen LogP contribution in [-0.4, -0.2) is 47.3 Å². The van der Waals surface area contributed by atoms with Crippen LogP contribution in [0.3, 0.4) is 0 Å². The minimum Gasteiger partial charge on any atom is -0.491 e. The van der Waals surface area contributed by atoms with Crippen LogP contribution in [0.5, 0.6) is 5.75 Å². The fourth-order valence-corrected chi connectivity index (χ4v) is 1.60. The molecule has 1 aromatic rings. The number of para-hydroxylation sites is 1. The molecule has 0 aromatic heterocycles. The van der Waals surface area contributed by atoms with Crippen molar-refractivity contribution in [2.75, 3.05) is 47.3 Å². The largest absolute Gasteiger partial charge is 0.491 e. The van der Waals surface area contributed by atoms with Crippen LogP contribution >= 0.6 is 0 Å². The van der Waals surface area contributed by atoms with Gasteiger partial charge in [0.25, 0.3) is 0 Å². The molecule has 1 rings (SSSR count). The van der Waals surface area contributed by atoms with Crippen molar-refractivity contribution in [3.8, 4) is 5.75 Å². The zero-order valence-corrected chi connectivity index (χ0v) is 11.6. The van der Waals surface area contributed by atoms with Crippen molar-refractivity contribution in [1.82, 2.24) is 0 Å². The number of ether oxygens (including phenoxy) is 4. The Morgan fingerprint density at radius 1 is 1.00 bits per heavy atom. The SMILES string of the molecule is COCCOCC(N)c1ccccc1OCCOC. The molecule has 0 spiro atoms. The first-order valence-corrected chi connectivity index (χ1v) is 6.32. The van der Waals surface area contributed by atoms with Crippen molar-refractivity contribution >= 4 is 0 Å². The van der Waals surface area contributed by atoms with Crippen LogP contribution in [0.1, 0.15) is 11.6 Å². The minimum absolute atomic E-state index is 0.212. The molecule has 0 heterocycles. The van der Waals surface area contributed by atoms with Gasteiger partial charge in [0.1, 0.15) is 12.4 Å². The van der Waals surface area contributed by atoms with E-state index in [1.807, 2.05) is 24.3 Å². The van der Waals surface area contributed by atoms with Gasteiger partial charge in [-0.2, -0.15) is 0 Å². The number of nitrogens with two attached hydrogens (primary N) is 1. The third-order valence-corrected chi connectivity index (χ3v) is 2.59. The molecule has 0 saturated carbocycles. The Labute approximate surface area is 114 Å². The quantitative estimate of drug-likeness (QED) is 0.650. The van der Waals surface area contributed by atoms with Crippen molar-refractivity contribution in [2.45, 2.75) is 6.04 Å². The van der Waals surface area contributed by atoms with Crippen molar-refractivity contribution in [3.05, 3.63) is 29.8 Å². The van der Waals surface area contributed by atoms with Gasteiger partial charge in [0.15, 0.2) is 0 Å². The molecule has 5 heteroatoms. The number of rotatable bonds is 10. The van der Waals surface area contributed by atoms with Crippen LogP contribution in [0.4, 0.5) is 0 Å². The molecular weight excluding hydrogens is 246 g/mol. The monoisotopic (exact) mass is 269 g/mol. The molecule has 1 aromatic carbocycles. The van der Waals surface area contributed by atoms with Crippen LogP contribution < -0.4 is 10.5 Å². The van der Waals surface area contributed by atoms with E-state index in [4.69, 9.17) is 24.7 Å². The molecule has 19 heavy (non-hydrogen) atoms. The Bertz CT molecular complexity index is 346. The van der Waals surface area contributed by atoms with Crippen LogP contribution in [-0.2, 0) is 14.2 Å². The number of methoxy groups -OCH3 is 2. The second-order valence-electron chi connectivity index (χ2n) is 4.05. The first kappa shape index (κ1) is 15.9. The molecule has 1 unspecified atom stereocenters. The Morgan fingerprint density at radius 2 is 1.68 bits per heavy atom. The standard InChI is InChI=1S/C14H23NO4/c1-16-7-9-18-11-13(15)12-5-3-4-6-14(12)19-10-8-17-2/h3-6,13H,7-11,15H2,1-2H3. The van der Waals surface area contributed by atoms with E-state index in [0.717, 1.165) is 11.3 Å². The number of hydrogen-bond acceptors (Lipinski definition) is 5. The first-order chi connectivity index (χ1) is 9.29. The van der Waals surface area contributed by atoms with Gasteiger partial charge in [0.05, 0.1) is 32.5 Å². The van der Waals surface area contributed by atoms with Gasteiger partial charge in [-0.3, -0.25) is 0 Å². The maximum atomic E-state index is 6.11. The lowest BCUT2D eigenvalue weighted by molar-refractivity contribution is 0.0630. The van der Waals surface area contributed by atoms with E-state index in [1.165, 1.54) is 0 Å². The van der Waals surface area contributed by atoms with Gasteiger partial charge in [-0.05, 0) is 6.07 Å². The highest BCUT2D eigenvalue weighted by atomic mass is 16.5. The highest BCUT2D eigenvalue weighted by molar-refractivity contribution is 5.35. The Morgan fingerprint density at radius 3 is 2.42 bits per heavy atom. The molecule has 0 radical (unpaired) electrons. The number of hydrogen-bond donors (Lipinski definition) is 1.